The number of nitrogens with zero attached hydrogens (tertiary/aromatic N) is 2. The number of amides is 2. The van der Waals surface area contributed by atoms with Gasteiger partial charge in [0.2, 0.25) is 0 Å². The zero-order valence-electron chi connectivity index (χ0n) is 19.4. The van der Waals surface area contributed by atoms with E-state index in [0.29, 0.717) is 6.42 Å². The fourth-order valence-electron chi connectivity index (χ4n) is 6.15. The highest BCUT2D eigenvalue weighted by Gasteiger charge is 2.72. The Bertz CT molecular complexity index is 1330. The number of likely N-dealkylation sites (N-methyl/N-ethyl adjacent to an activating group) is 1. The Kier molecular flexibility index (Phi) is 5.33. The number of rotatable bonds is 6. The second kappa shape index (κ2) is 8.19. The first kappa shape index (κ1) is 22.8. The molecule has 0 radical (unpaired) electrons. The molecule has 4 atom stereocenters. The molecule has 35 heavy (non-hydrogen) atoms. The first-order chi connectivity index (χ1) is 17.0. The SMILES string of the molecule is COCS[C@H]1C(=O)N2[C@H]3Nc4ccccc4[C@@]3(c3c[nH]c4ccccc34)C[C@]2(SCO)C(=O)N1C. The quantitative estimate of drug-likeness (QED) is 0.439. The maximum absolute atomic E-state index is 14.1. The number of H-pyrrole nitrogens is 1. The van der Waals surface area contributed by atoms with Gasteiger partial charge in [-0.1, -0.05) is 59.9 Å². The van der Waals surface area contributed by atoms with Gasteiger partial charge in [0.15, 0.2) is 10.2 Å². The second-order valence-electron chi connectivity index (χ2n) is 9.10. The molecule has 0 bridgehead atoms. The Labute approximate surface area is 211 Å². The maximum Gasteiger partial charge on any atom is 0.260 e. The lowest BCUT2D eigenvalue weighted by Gasteiger charge is -2.48. The lowest BCUT2D eigenvalue weighted by molar-refractivity contribution is -0.157. The molecular formula is C25H26N4O4S2. The fraction of sp³-hybridized carbons (Fsp3) is 0.360. The molecule has 0 aliphatic carbocycles. The van der Waals surface area contributed by atoms with E-state index in [4.69, 9.17) is 4.74 Å². The first-order valence-electron chi connectivity index (χ1n) is 11.4. The number of anilines is 1. The van der Waals surface area contributed by atoms with Crippen molar-refractivity contribution in [2.75, 3.05) is 31.4 Å². The summed E-state index contributed by atoms with van der Waals surface area (Å²) >= 11 is 2.41. The number of hydrogen-bond donors (Lipinski definition) is 3. The summed E-state index contributed by atoms with van der Waals surface area (Å²) in [6.07, 6.45) is 1.86. The number of carbonyl (C=O) groups is 2. The van der Waals surface area contributed by atoms with Gasteiger partial charge in [0.25, 0.3) is 11.8 Å². The number of hydrogen-bond acceptors (Lipinski definition) is 7. The van der Waals surface area contributed by atoms with Crippen molar-refractivity contribution < 1.29 is 19.4 Å². The topological polar surface area (TPSA) is 97.9 Å². The number of fused-ring (bicyclic) bond motifs is 6. The number of aliphatic hydroxyl groups is 1. The average Bonchev–Trinajstić information content (AvgIpc) is 3.51. The van der Waals surface area contributed by atoms with Crippen LogP contribution in [0.5, 0.6) is 0 Å². The zero-order valence-corrected chi connectivity index (χ0v) is 21.0. The van der Waals surface area contributed by atoms with Gasteiger partial charge in [-0.25, -0.2) is 0 Å². The third kappa shape index (κ3) is 2.91. The van der Waals surface area contributed by atoms with Gasteiger partial charge in [-0.2, -0.15) is 0 Å². The third-order valence-corrected chi connectivity index (χ3v) is 9.83. The number of methoxy groups -OCH3 is 1. The number of aliphatic hydroxyl groups excluding tert-OH is 1. The normalized spacial score (nSPS) is 29.3. The minimum Gasteiger partial charge on any atom is -0.386 e. The highest BCUT2D eigenvalue weighted by atomic mass is 32.2. The number of thioether (sulfide) groups is 2. The van der Waals surface area contributed by atoms with Gasteiger partial charge in [0.05, 0.1) is 17.3 Å². The van der Waals surface area contributed by atoms with Crippen LogP contribution in [0, 0.1) is 0 Å². The summed E-state index contributed by atoms with van der Waals surface area (Å²) in [6, 6.07) is 16.2. The average molecular weight is 511 g/mol. The van der Waals surface area contributed by atoms with Crippen molar-refractivity contribution in [2.45, 2.75) is 28.2 Å². The lowest BCUT2D eigenvalue weighted by Crippen LogP contribution is -2.68. The molecule has 0 spiro atoms. The summed E-state index contributed by atoms with van der Waals surface area (Å²) in [6.45, 7) is 0. The van der Waals surface area contributed by atoms with Crippen molar-refractivity contribution in [1.29, 1.82) is 0 Å². The number of piperazine rings is 1. The Morgan fingerprint density at radius 3 is 2.71 bits per heavy atom. The van der Waals surface area contributed by atoms with E-state index in [1.807, 2.05) is 42.6 Å². The van der Waals surface area contributed by atoms with E-state index < -0.39 is 21.8 Å². The Morgan fingerprint density at radius 1 is 1.14 bits per heavy atom. The van der Waals surface area contributed by atoms with Crippen molar-refractivity contribution in [3.63, 3.8) is 0 Å². The predicted molar refractivity (Wildman–Crippen MR) is 138 cm³/mol. The minimum absolute atomic E-state index is 0.165. The van der Waals surface area contributed by atoms with Crippen LogP contribution in [0.15, 0.2) is 54.7 Å². The van der Waals surface area contributed by atoms with Gasteiger partial charge >= 0.3 is 0 Å². The highest BCUT2D eigenvalue weighted by molar-refractivity contribution is 8.01. The summed E-state index contributed by atoms with van der Waals surface area (Å²) in [4.78, 5) is 33.6. The smallest absolute Gasteiger partial charge is 0.260 e. The molecule has 1 aromatic heterocycles. The van der Waals surface area contributed by atoms with Gasteiger partial charge in [-0.05, 0) is 23.3 Å². The van der Waals surface area contributed by atoms with Crippen molar-refractivity contribution in [3.8, 4) is 0 Å². The standard InChI is InChI=1S/C25H26N4O4S2/c1-28-21(34-14-33-2)20(31)29-22-24(12-25(29,23(28)32)35-13-30,16-8-4-6-10-19(16)27-22)17-11-26-18-9-5-3-7-15(17)18/h3-11,21-22,26-27,30H,12-14H2,1-2H3/t21-,22+,24+,25-/m0/s1. The van der Waals surface area contributed by atoms with Crippen LogP contribution in [0.25, 0.3) is 10.9 Å². The molecule has 2 fully saturated rings. The first-order valence-corrected chi connectivity index (χ1v) is 13.4. The molecule has 3 aliphatic rings. The summed E-state index contributed by atoms with van der Waals surface area (Å²) in [5.41, 5.74) is 3.34. The Morgan fingerprint density at radius 2 is 1.91 bits per heavy atom. The van der Waals surface area contributed by atoms with Crippen molar-refractivity contribution in [3.05, 3.63) is 65.9 Å². The summed E-state index contributed by atoms with van der Waals surface area (Å²) in [5.74, 6) is -0.342. The van der Waals surface area contributed by atoms with Crippen LogP contribution in [-0.2, 0) is 19.7 Å². The second-order valence-corrected chi connectivity index (χ2v) is 11.3. The molecule has 3 aliphatic heterocycles. The number of para-hydroxylation sites is 2. The number of aromatic amines is 1. The van der Waals surface area contributed by atoms with Gasteiger partial charge in [-0.3, -0.25) is 14.5 Å². The molecule has 6 rings (SSSR count). The number of ether oxygens (including phenoxy) is 1. The Balaban J connectivity index is 1.61. The third-order valence-electron chi connectivity index (χ3n) is 7.50. The van der Waals surface area contributed by atoms with Crippen LogP contribution in [-0.4, -0.2) is 74.2 Å². The molecule has 2 amide bonds. The van der Waals surface area contributed by atoms with E-state index in [9.17, 15) is 14.7 Å². The molecule has 0 unspecified atom stereocenters. The van der Waals surface area contributed by atoms with Crippen LogP contribution in [0.3, 0.4) is 0 Å². The van der Waals surface area contributed by atoms with Crippen molar-refractivity contribution in [1.82, 2.24) is 14.8 Å². The summed E-state index contributed by atoms with van der Waals surface area (Å²) in [7, 11) is 3.24. The highest BCUT2D eigenvalue weighted by Crippen LogP contribution is 2.63. The van der Waals surface area contributed by atoms with E-state index in [-0.39, 0.29) is 23.7 Å². The van der Waals surface area contributed by atoms with Crippen LogP contribution < -0.4 is 5.32 Å². The fourth-order valence-corrected chi connectivity index (χ4v) is 8.13. The van der Waals surface area contributed by atoms with Gasteiger partial charge in [0, 0.05) is 43.4 Å². The van der Waals surface area contributed by atoms with E-state index in [2.05, 4.69) is 22.4 Å². The molecule has 2 saturated heterocycles. The maximum atomic E-state index is 14.1. The van der Waals surface area contributed by atoms with Crippen LogP contribution in [0.2, 0.25) is 0 Å². The largest absolute Gasteiger partial charge is 0.386 e. The molecule has 2 aromatic carbocycles. The van der Waals surface area contributed by atoms with E-state index >= 15 is 0 Å². The molecule has 8 nitrogen and oxygen atoms in total. The predicted octanol–water partition coefficient (Wildman–Crippen LogP) is 2.95. The van der Waals surface area contributed by atoms with Crippen LogP contribution >= 0.6 is 23.5 Å². The minimum atomic E-state index is -1.24. The molecule has 4 heterocycles. The lowest BCUT2D eigenvalue weighted by atomic mass is 9.72. The zero-order chi connectivity index (χ0) is 24.4. The Hall–Kier alpha value is -2.66. The van der Waals surface area contributed by atoms with Gasteiger partial charge < -0.3 is 25.0 Å². The molecule has 3 aromatic rings. The summed E-state index contributed by atoms with van der Waals surface area (Å²) in [5, 5.41) is 14.1. The molecule has 10 heteroatoms. The number of nitrogens with one attached hydrogen (secondary N) is 2. The molecule has 182 valence electrons. The van der Waals surface area contributed by atoms with Crippen LogP contribution in [0.4, 0.5) is 5.69 Å². The van der Waals surface area contributed by atoms with E-state index in [1.165, 1.54) is 16.7 Å². The van der Waals surface area contributed by atoms with Gasteiger partial charge in [0.1, 0.15) is 6.17 Å². The van der Waals surface area contributed by atoms with Crippen LogP contribution in [0.1, 0.15) is 17.5 Å². The van der Waals surface area contributed by atoms with E-state index in [1.54, 1.807) is 19.1 Å². The van der Waals surface area contributed by atoms with Gasteiger partial charge in [-0.15, -0.1) is 0 Å². The summed E-state index contributed by atoms with van der Waals surface area (Å²) < 4.78 is 5.21. The molecular weight excluding hydrogens is 484 g/mol. The van der Waals surface area contributed by atoms with Crippen molar-refractivity contribution >= 4 is 51.9 Å². The number of benzene rings is 2. The number of carbonyl (C=O) groups excluding carboxylic acids is 2. The number of aromatic nitrogens is 1. The van der Waals surface area contributed by atoms with Crippen molar-refractivity contribution in [2.24, 2.45) is 0 Å². The molecule has 0 saturated carbocycles. The van der Waals surface area contributed by atoms with E-state index in [0.717, 1.165) is 39.5 Å². The monoisotopic (exact) mass is 510 g/mol. The molecule has 3 N–H and O–H groups in total.